The fourth-order valence-corrected chi connectivity index (χ4v) is 5.07. The van der Waals surface area contributed by atoms with Crippen LogP contribution in [0.15, 0.2) is 46.1 Å². The van der Waals surface area contributed by atoms with E-state index >= 15 is 0 Å². The molecule has 5 rings (SSSR count). The summed E-state index contributed by atoms with van der Waals surface area (Å²) in [5, 5.41) is 11.6. The number of hydrogen-bond donors (Lipinski definition) is 3. The van der Waals surface area contributed by atoms with E-state index in [9.17, 15) is 14.4 Å². The van der Waals surface area contributed by atoms with Crippen LogP contribution in [-0.2, 0) is 0 Å². The van der Waals surface area contributed by atoms with Gasteiger partial charge in [-0.15, -0.1) is 0 Å². The molecule has 1 aromatic carbocycles. The highest BCUT2D eigenvalue weighted by Gasteiger charge is 2.54. The number of aromatic amines is 2. The number of aromatic nitrogens is 3. The van der Waals surface area contributed by atoms with Crippen molar-refractivity contribution in [3.63, 3.8) is 0 Å². The maximum atomic E-state index is 12.4. The second-order valence-corrected chi connectivity index (χ2v) is 8.64. The molecule has 148 valence electrons. The second kappa shape index (κ2) is 6.56. The van der Waals surface area contributed by atoms with E-state index in [1.54, 1.807) is 0 Å². The van der Waals surface area contributed by atoms with Crippen LogP contribution in [0.3, 0.4) is 0 Å². The maximum absolute atomic E-state index is 12.4. The highest BCUT2D eigenvalue weighted by atomic mass is 35.5. The fraction of sp³-hybridized carbons (Fsp3) is 0.333. The molecule has 2 aromatic heterocycles. The summed E-state index contributed by atoms with van der Waals surface area (Å²) in [6, 6.07) is 9.08. The standard InChI is InChI=1S/C21H19ClN4O3/c22-16-5-11(10-23-20(16)29)18(27)24-13-8-21(9-13)6-12(7-21)17-14-3-1-2-4-15(14)19(28)26-25-17/h1-5,10,12-13H,6-9H2,(H,23,29)(H,24,27)(H,26,28). The third kappa shape index (κ3) is 3.06. The van der Waals surface area contributed by atoms with E-state index in [2.05, 4.69) is 20.5 Å². The van der Waals surface area contributed by atoms with Crippen LogP contribution in [0.25, 0.3) is 10.8 Å². The summed E-state index contributed by atoms with van der Waals surface area (Å²) in [6.07, 6.45) is 5.24. The van der Waals surface area contributed by atoms with Crippen LogP contribution >= 0.6 is 11.6 Å². The maximum Gasteiger partial charge on any atom is 0.272 e. The van der Waals surface area contributed by atoms with Crippen molar-refractivity contribution in [1.82, 2.24) is 20.5 Å². The van der Waals surface area contributed by atoms with E-state index in [-0.39, 0.29) is 27.9 Å². The summed E-state index contributed by atoms with van der Waals surface area (Å²) < 4.78 is 0. The zero-order valence-corrected chi connectivity index (χ0v) is 16.3. The number of benzene rings is 1. The number of nitrogens with one attached hydrogen (secondary N) is 3. The normalized spacial score (nSPS) is 25.4. The molecule has 7 nitrogen and oxygen atoms in total. The van der Waals surface area contributed by atoms with Gasteiger partial charge in [-0.2, -0.15) is 5.10 Å². The van der Waals surface area contributed by atoms with E-state index in [0.717, 1.165) is 36.8 Å². The van der Waals surface area contributed by atoms with Gasteiger partial charge in [-0.25, -0.2) is 5.10 Å². The molecule has 2 fully saturated rings. The lowest BCUT2D eigenvalue weighted by Crippen LogP contribution is -2.55. The third-order valence-corrected chi connectivity index (χ3v) is 6.57. The van der Waals surface area contributed by atoms with Crippen molar-refractivity contribution in [2.75, 3.05) is 0 Å². The lowest BCUT2D eigenvalue weighted by Gasteiger charge is -2.57. The molecule has 0 radical (unpaired) electrons. The number of halogens is 1. The van der Waals surface area contributed by atoms with Crippen LogP contribution in [0.1, 0.15) is 47.7 Å². The molecule has 0 bridgehead atoms. The number of carbonyl (C=O) groups is 1. The minimum Gasteiger partial charge on any atom is -0.349 e. The minimum absolute atomic E-state index is 0.00481. The molecule has 2 aliphatic rings. The van der Waals surface area contributed by atoms with E-state index in [4.69, 9.17) is 11.6 Å². The molecular weight excluding hydrogens is 392 g/mol. The van der Waals surface area contributed by atoms with Gasteiger partial charge >= 0.3 is 0 Å². The highest BCUT2D eigenvalue weighted by molar-refractivity contribution is 6.30. The van der Waals surface area contributed by atoms with Crippen molar-refractivity contribution >= 4 is 28.3 Å². The van der Waals surface area contributed by atoms with Crippen LogP contribution in [0, 0.1) is 5.41 Å². The Morgan fingerprint density at radius 1 is 1.10 bits per heavy atom. The number of rotatable bonds is 3. The van der Waals surface area contributed by atoms with Crippen LogP contribution in [0.5, 0.6) is 0 Å². The summed E-state index contributed by atoms with van der Waals surface area (Å²) in [5.41, 5.74) is 0.985. The zero-order chi connectivity index (χ0) is 20.2. The Bertz CT molecular complexity index is 1230. The predicted molar refractivity (Wildman–Crippen MR) is 109 cm³/mol. The first-order valence-corrected chi connectivity index (χ1v) is 9.98. The van der Waals surface area contributed by atoms with Crippen LogP contribution in [-0.4, -0.2) is 27.1 Å². The van der Waals surface area contributed by atoms with E-state index in [1.807, 2.05) is 24.3 Å². The summed E-state index contributed by atoms with van der Waals surface area (Å²) in [4.78, 5) is 38.1. The van der Waals surface area contributed by atoms with Crippen molar-refractivity contribution in [3.05, 3.63) is 73.5 Å². The van der Waals surface area contributed by atoms with Gasteiger partial charge in [0.25, 0.3) is 17.0 Å². The van der Waals surface area contributed by atoms with Crippen LogP contribution < -0.4 is 16.4 Å². The van der Waals surface area contributed by atoms with Crippen LogP contribution in [0.4, 0.5) is 0 Å². The molecule has 0 atom stereocenters. The molecular formula is C21H19ClN4O3. The Hall–Kier alpha value is -2.93. The molecule has 3 N–H and O–H groups in total. The van der Waals surface area contributed by atoms with Gasteiger partial charge in [-0.05, 0) is 43.2 Å². The first kappa shape index (κ1) is 18.1. The number of fused-ring (bicyclic) bond motifs is 1. The lowest BCUT2D eigenvalue weighted by atomic mass is 9.49. The quantitative estimate of drug-likeness (QED) is 0.616. The van der Waals surface area contributed by atoms with Crippen molar-refractivity contribution in [3.8, 4) is 0 Å². The van der Waals surface area contributed by atoms with E-state index in [0.29, 0.717) is 16.9 Å². The van der Waals surface area contributed by atoms with Gasteiger partial charge in [0, 0.05) is 23.5 Å². The van der Waals surface area contributed by atoms with E-state index < -0.39 is 5.56 Å². The molecule has 1 amide bonds. The topological polar surface area (TPSA) is 108 Å². The van der Waals surface area contributed by atoms with Gasteiger partial charge in [0.15, 0.2) is 0 Å². The van der Waals surface area contributed by atoms with Gasteiger partial charge in [0.2, 0.25) is 0 Å². The molecule has 2 aliphatic carbocycles. The number of amides is 1. The largest absolute Gasteiger partial charge is 0.349 e. The lowest BCUT2D eigenvalue weighted by molar-refractivity contribution is -0.0196. The number of carbonyl (C=O) groups excluding carboxylic acids is 1. The monoisotopic (exact) mass is 410 g/mol. The molecule has 0 unspecified atom stereocenters. The Balaban J connectivity index is 1.22. The second-order valence-electron chi connectivity index (χ2n) is 8.23. The SMILES string of the molecule is O=C(NC1CC2(C1)CC(c1n[nH]c(=O)c3ccccc13)C2)c1c[nH]c(=O)c(Cl)c1. The molecule has 0 aliphatic heterocycles. The number of nitrogens with zero attached hydrogens (tertiary/aromatic N) is 1. The first-order valence-electron chi connectivity index (χ1n) is 9.61. The van der Waals surface area contributed by atoms with Gasteiger partial charge in [0.05, 0.1) is 16.6 Å². The van der Waals surface area contributed by atoms with Crippen molar-refractivity contribution in [1.29, 1.82) is 0 Å². The average Bonchev–Trinajstić information content (AvgIpc) is 2.66. The average molecular weight is 411 g/mol. The zero-order valence-electron chi connectivity index (χ0n) is 15.5. The minimum atomic E-state index is -0.408. The molecule has 2 saturated carbocycles. The van der Waals surface area contributed by atoms with Gasteiger partial charge in [0.1, 0.15) is 5.02 Å². The highest BCUT2D eigenvalue weighted by Crippen LogP contribution is 2.62. The number of H-pyrrole nitrogens is 2. The van der Waals surface area contributed by atoms with Crippen molar-refractivity contribution in [2.45, 2.75) is 37.6 Å². The predicted octanol–water partition coefficient (Wildman–Crippen LogP) is 2.72. The van der Waals surface area contributed by atoms with Crippen molar-refractivity contribution in [2.24, 2.45) is 5.41 Å². The first-order chi connectivity index (χ1) is 13.9. The Kier molecular flexibility index (Phi) is 4.10. The summed E-state index contributed by atoms with van der Waals surface area (Å²) >= 11 is 5.79. The van der Waals surface area contributed by atoms with Gasteiger partial charge < -0.3 is 10.3 Å². The molecule has 8 heteroatoms. The summed E-state index contributed by atoms with van der Waals surface area (Å²) in [5.74, 6) is 0.0959. The molecule has 0 saturated heterocycles. The summed E-state index contributed by atoms with van der Waals surface area (Å²) in [6.45, 7) is 0. The van der Waals surface area contributed by atoms with E-state index in [1.165, 1.54) is 12.3 Å². The fourth-order valence-electron chi connectivity index (χ4n) is 4.90. The molecule has 2 heterocycles. The molecule has 29 heavy (non-hydrogen) atoms. The Morgan fingerprint density at radius 2 is 1.83 bits per heavy atom. The molecule has 3 aromatic rings. The number of hydrogen-bond acceptors (Lipinski definition) is 4. The Labute approximate surface area is 170 Å². The van der Waals surface area contributed by atoms with Crippen molar-refractivity contribution < 1.29 is 4.79 Å². The summed E-state index contributed by atoms with van der Waals surface area (Å²) in [7, 11) is 0. The molecule has 1 spiro atoms. The van der Waals surface area contributed by atoms with Gasteiger partial charge in [-0.1, -0.05) is 29.8 Å². The smallest absolute Gasteiger partial charge is 0.272 e. The third-order valence-electron chi connectivity index (χ3n) is 6.29. The van der Waals surface area contributed by atoms with Gasteiger partial charge in [-0.3, -0.25) is 14.4 Å². The number of pyridine rings is 1. The van der Waals surface area contributed by atoms with Crippen LogP contribution in [0.2, 0.25) is 5.02 Å². The Morgan fingerprint density at radius 3 is 2.55 bits per heavy atom.